The summed E-state index contributed by atoms with van der Waals surface area (Å²) >= 11 is 0. The van der Waals surface area contributed by atoms with E-state index in [4.69, 9.17) is 4.74 Å². The van der Waals surface area contributed by atoms with Gasteiger partial charge in [-0.1, -0.05) is 37.6 Å². The molecule has 3 rings (SSSR count). The van der Waals surface area contributed by atoms with Crippen molar-refractivity contribution in [2.45, 2.75) is 25.4 Å². The maximum Gasteiger partial charge on any atom is 0.340 e. The maximum absolute atomic E-state index is 13.2. The topological polar surface area (TPSA) is 119 Å². The van der Waals surface area contributed by atoms with Crippen molar-refractivity contribution in [3.8, 4) is 0 Å². The number of nitrogens with one attached hydrogen (secondary N) is 1. The fraction of sp³-hybridized carbons (Fsp3) is 0.286. The van der Waals surface area contributed by atoms with E-state index < -0.39 is 28.3 Å². The van der Waals surface area contributed by atoms with Crippen LogP contribution in [0.25, 0.3) is 0 Å². The Morgan fingerprint density at radius 3 is 2.63 bits per heavy atom. The summed E-state index contributed by atoms with van der Waals surface area (Å²) in [7, 11) is 1.49. The summed E-state index contributed by atoms with van der Waals surface area (Å²) in [5, 5.41) is 13.7. The van der Waals surface area contributed by atoms with Gasteiger partial charge in [0.1, 0.15) is 0 Å². The fourth-order valence-electron chi connectivity index (χ4n) is 3.34. The van der Waals surface area contributed by atoms with Gasteiger partial charge in [0.05, 0.1) is 16.2 Å². The Morgan fingerprint density at radius 2 is 1.93 bits per heavy atom. The van der Waals surface area contributed by atoms with E-state index in [0.717, 1.165) is 12.5 Å². The summed E-state index contributed by atoms with van der Waals surface area (Å²) in [5.74, 6) is -2.48. The number of carbonyl (C=O) groups is 3. The number of nitro groups is 1. The number of unbranched alkanes of at least 4 members (excludes halogenated alkanes) is 1. The molecule has 156 valence electrons. The van der Waals surface area contributed by atoms with Crippen molar-refractivity contribution in [3.05, 3.63) is 69.8 Å². The molecule has 9 heteroatoms. The number of nitrogens with zero attached hydrogens (tertiary/aromatic N) is 2. The molecule has 9 nitrogen and oxygen atoms in total. The van der Waals surface area contributed by atoms with Gasteiger partial charge < -0.3 is 15.0 Å². The molecule has 1 heterocycles. The van der Waals surface area contributed by atoms with E-state index in [1.54, 1.807) is 24.3 Å². The summed E-state index contributed by atoms with van der Waals surface area (Å²) in [6.45, 7) is 2.26. The molecule has 0 saturated carbocycles. The van der Waals surface area contributed by atoms with Crippen LogP contribution in [-0.4, -0.2) is 36.3 Å². The number of non-ortho nitro benzene ring substituents is 1. The van der Waals surface area contributed by atoms with Crippen LogP contribution in [0.2, 0.25) is 0 Å². The number of carbonyl (C=O) groups excluding carboxylic acids is 3. The fourth-order valence-corrected chi connectivity index (χ4v) is 3.34. The normalized spacial score (nSPS) is 17.4. The molecule has 30 heavy (non-hydrogen) atoms. The van der Waals surface area contributed by atoms with Gasteiger partial charge in [-0.25, -0.2) is 4.79 Å². The standard InChI is InChI=1S/C21H21N3O6/c1-3-4-12-22-19(26)21(16-10-5-6-11-17(16)23(2)20(21)27)30-18(25)14-8-7-9-15(13-14)24(28)29/h5-11,13H,3-4,12H2,1-2H3,(H,22,26). The first kappa shape index (κ1) is 21.0. The van der Waals surface area contributed by atoms with Crippen LogP contribution in [0, 0.1) is 10.1 Å². The Hall–Kier alpha value is -3.75. The number of hydrogen-bond donors (Lipinski definition) is 1. The Labute approximate surface area is 172 Å². The zero-order valence-electron chi connectivity index (χ0n) is 16.6. The van der Waals surface area contributed by atoms with Gasteiger partial charge in [0.15, 0.2) is 0 Å². The van der Waals surface area contributed by atoms with Crippen LogP contribution in [0.15, 0.2) is 48.5 Å². The van der Waals surface area contributed by atoms with Gasteiger partial charge in [0.2, 0.25) is 0 Å². The molecule has 2 aromatic rings. The lowest BCUT2D eigenvalue weighted by atomic mass is 9.93. The molecule has 0 aromatic heterocycles. The largest absolute Gasteiger partial charge is 0.430 e. The molecule has 0 radical (unpaired) electrons. The highest BCUT2D eigenvalue weighted by molar-refractivity contribution is 6.21. The number of ether oxygens (including phenoxy) is 1. The molecule has 0 saturated heterocycles. The highest BCUT2D eigenvalue weighted by atomic mass is 16.6. The molecule has 0 bridgehead atoms. The maximum atomic E-state index is 13.2. The van der Waals surface area contributed by atoms with Crippen molar-refractivity contribution >= 4 is 29.2 Å². The van der Waals surface area contributed by atoms with E-state index in [2.05, 4.69) is 5.32 Å². The minimum Gasteiger partial charge on any atom is -0.430 e. The Kier molecular flexibility index (Phi) is 5.81. The van der Waals surface area contributed by atoms with Crippen LogP contribution in [0.1, 0.15) is 35.7 Å². The molecule has 1 atom stereocenters. The lowest BCUT2D eigenvalue weighted by molar-refractivity contribution is -0.384. The molecule has 0 fully saturated rings. The number of hydrogen-bond acceptors (Lipinski definition) is 6. The van der Waals surface area contributed by atoms with Crippen molar-refractivity contribution in [1.82, 2.24) is 5.32 Å². The van der Waals surface area contributed by atoms with Crippen molar-refractivity contribution in [2.24, 2.45) is 0 Å². The van der Waals surface area contributed by atoms with Gasteiger partial charge in [-0.3, -0.25) is 19.7 Å². The first-order valence-electron chi connectivity index (χ1n) is 9.46. The molecular weight excluding hydrogens is 390 g/mol. The monoisotopic (exact) mass is 411 g/mol. The molecule has 1 unspecified atom stereocenters. The molecule has 0 aliphatic carbocycles. The lowest BCUT2D eigenvalue weighted by Crippen LogP contribution is -2.53. The predicted molar refractivity (Wildman–Crippen MR) is 108 cm³/mol. The molecule has 2 aromatic carbocycles. The number of esters is 1. The van der Waals surface area contributed by atoms with E-state index in [1.165, 1.54) is 30.1 Å². The van der Waals surface area contributed by atoms with Crippen molar-refractivity contribution in [2.75, 3.05) is 18.5 Å². The van der Waals surface area contributed by atoms with Gasteiger partial charge in [0.25, 0.3) is 23.1 Å². The molecule has 2 amide bonds. The summed E-state index contributed by atoms with van der Waals surface area (Å²) in [6.07, 6.45) is 1.51. The highest BCUT2D eigenvalue weighted by Crippen LogP contribution is 2.42. The van der Waals surface area contributed by atoms with Crippen LogP contribution < -0.4 is 10.2 Å². The number of nitro benzene ring substituents is 1. The molecule has 1 N–H and O–H groups in total. The van der Waals surface area contributed by atoms with E-state index >= 15 is 0 Å². The summed E-state index contributed by atoms with van der Waals surface area (Å²) in [6, 6.07) is 11.5. The second kappa shape index (κ2) is 8.32. The minimum atomic E-state index is -2.21. The third-order valence-corrected chi connectivity index (χ3v) is 4.92. The average molecular weight is 411 g/mol. The highest BCUT2D eigenvalue weighted by Gasteiger charge is 2.59. The van der Waals surface area contributed by atoms with E-state index in [-0.39, 0.29) is 16.8 Å². The number of amides is 2. The van der Waals surface area contributed by atoms with Gasteiger partial charge >= 0.3 is 5.97 Å². The van der Waals surface area contributed by atoms with Crippen LogP contribution in [0.3, 0.4) is 0 Å². The Bertz CT molecular complexity index is 1020. The number of rotatable bonds is 7. The number of para-hydroxylation sites is 1. The van der Waals surface area contributed by atoms with Gasteiger partial charge in [-0.05, 0) is 18.6 Å². The quantitative estimate of drug-likeness (QED) is 0.246. The van der Waals surface area contributed by atoms with Crippen LogP contribution in [-0.2, 0) is 19.9 Å². The third kappa shape index (κ3) is 3.49. The van der Waals surface area contributed by atoms with Gasteiger partial charge in [0, 0.05) is 31.3 Å². The predicted octanol–water partition coefficient (Wildman–Crippen LogP) is 2.54. The molecule has 0 spiro atoms. The Balaban J connectivity index is 2.04. The first-order valence-corrected chi connectivity index (χ1v) is 9.46. The lowest BCUT2D eigenvalue weighted by Gasteiger charge is -2.27. The van der Waals surface area contributed by atoms with Crippen LogP contribution in [0.5, 0.6) is 0 Å². The second-order valence-electron chi connectivity index (χ2n) is 6.87. The van der Waals surface area contributed by atoms with E-state index in [0.29, 0.717) is 18.7 Å². The third-order valence-electron chi connectivity index (χ3n) is 4.92. The number of benzene rings is 2. The van der Waals surface area contributed by atoms with Gasteiger partial charge in [-0.15, -0.1) is 0 Å². The number of anilines is 1. The SMILES string of the molecule is CCCCNC(=O)C1(OC(=O)c2cccc([N+](=O)[O-])c2)C(=O)N(C)c2ccccc21. The summed E-state index contributed by atoms with van der Waals surface area (Å²) in [5.41, 5.74) is -1.96. The van der Waals surface area contributed by atoms with Crippen LogP contribution >= 0.6 is 0 Å². The first-order chi connectivity index (χ1) is 14.3. The minimum absolute atomic E-state index is 0.134. The van der Waals surface area contributed by atoms with Crippen LogP contribution in [0.4, 0.5) is 11.4 Å². The smallest absolute Gasteiger partial charge is 0.340 e. The van der Waals surface area contributed by atoms with Crippen molar-refractivity contribution in [1.29, 1.82) is 0 Å². The van der Waals surface area contributed by atoms with Gasteiger partial charge in [-0.2, -0.15) is 0 Å². The number of likely N-dealkylation sites (N-methyl/N-ethyl adjacent to an activating group) is 1. The summed E-state index contributed by atoms with van der Waals surface area (Å²) in [4.78, 5) is 50.9. The second-order valence-corrected chi connectivity index (χ2v) is 6.87. The molecule has 1 aliphatic heterocycles. The molecular formula is C21H21N3O6. The van der Waals surface area contributed by atoms with E-state index in [9.17, 15) is 24.5 Å². The van der Waals surface area contributed by atoms with Crippen molar-refractivity contribution < 1.29 is 24.0 Å². The van der Waals surface area contributed by atoms with E-state index in [1.807, 2.05) is 6.92 Å². The molecule has 1 aliphatic rings. The Morgan fingerprint density at radius 1 is 1.20 bits per heavy atom. The average Bonchev–Trinajstić information content (AvgIpc) is 2.96. The zero-order chi connectivity index (χ0) is 21.9. The number of fused-ring (bicyclic) bond motifs is 1. The zero-order valence-corrected chi connectivity index (χ0v) is 16.6. The van der Waals surface area contributed by atoms with Crippen molar-refractivity contribution in [3.63, 3.8) is 0 Å². The summed E-state index contributed by atoms with van der Waals surface area (Å²) < 4.78 is 5.56.